The van der Waals surface area contributed by atoms with Crippen LogP contribution in [0, 0.1) is 0 Å². The Bertz CT molecular complexity index is 1160. The van der Waals surface area contributed by atoms with Gasteiger partial charge in [0.2, 0.25) is 10.0 Å². The van der Waals surface area contributed by atoms with E-state index >= 15 is 0 Å². The summed E-state index contributed by atoms with van der Waals surface area (Å²) in [5, 5.41) is 2.83. The van der Waals surface area contributed by atoms with E-state index in [-0.39, 0.29) is 34.5 Å². The highest BCUT2D eigenvalue weighted by Crippen LogP contribution is 2.21. The highest BCUT2D eigenvalue weighted by molar-refractivity contribution is 7.92. The van der Waals surface area contributed by atoms with Crippen LogP contribution in [0.15, 0.2) is 58.3 Å². The molecule has 0 bridgehead atoms. The van der Waals surface area contributed by atoms with Crippen molar-refractivity contribution in [2.75, 3.05) is 31.0 Å². The van der Waals surface area contributed by atoms with Crippen LogP contribution >= 0.6 is 0 Å². The minimum Gasteiger partial charge on any atom is -0.379 e. The highest BCUT2D eigenvalue weighted by Gasteiger charge is 2.27. The van der Waals surface area contributed by atoms with Gasteiger partial charge in [-0.2, -0.15) is 4.31 Å². The van der Waals surface area contributed by atoms with E-state index in [9.17, 15) is 21.6 Å². The first kappa shape index (κ1) is 24.2. The third kappa shape index (κ3) is 5.85. The van der Waals surface area contributed by atoms with Gasteiger partial charge in [-0.1, -0.05) is 0 Å². The average Bonchev–Trinajstić information content (AvgIpc) is 2.73. The molecule has 0 aliphatic carbocycles. The Balaban J connectivity index is 1.72. The molecule has 0 atom stereocenters. The second-order valence-electron chi connectivity index (χ2n) is 8.37. The van der Waals surface area contributed by atoms with E-state index in [1.807, 2.05) is 20.8 Å². The van der Waals surface area contributed by atoms with Crippen LogP contribution in [0.2, 0.25) is 0 Å². The van der Waals surface area contributed by atoms with Gasteiger partial charge in [0.05, 0.1) is 23.0 Å². The summed E-state index contributed by atoms with van der Waals surface area (Å²) in [6, 6.07) is 11.1. The van der Waals surface area contributed by atoms with Crippen LogP contribution in [0.3, 0.4) is 0 Å². The van der Waals surface area contributed by atoms with E-state index in [0.29, 0.717) is 18.8 Å². The normalized spacial score (nSPS) is 15.8. The van der Waals surface area contributed by atoms with Crippen molar-refractivity contribution in [3.63, 3.8) is 0 Å². The molecule has 1 saturated heterocycles. The molecule has 0 saturated carbocycles. The van der Waals surface area contributed by atoms with Crippen molar-refractivity contribution < 1.29 is 26.4 Å². The first-order chi connectivity index (χ1) is 14.9. The molecule has 3 rings (SSSR count). The quantitative estimate of drug-likeness (QED) is 0.651. The molecular formula is C21H27N3O6S2. The minimum absolute atomic E-state index is 0.0209. The molecule has 11 heteroatoms. The van der Waals surface area contributed by atoms with Crippen LogP contribution in [0.4, 0.5) is 5.69 Å². The number of morpholine rings is 1. The largest absolute Gasteiger partial charge is 0.379 e. The lowest BCUT2D eigenvalue weighted by Crippen LogP contribution is -2.40. The molecule has 2 aromatic carbocycles. The first-order valence-electron chi connectivity index (χ1n) is 10.0. The van der Waals surface area contributed by atoms with E-state index in [0.717, 1.165) is 0 Å². The summed E-state index contributed by atoms with van der Waals surface area (Å²) in [6.07, 6.45) is 0. The van der Waals surface area contributed by atoms with Gasteiger partial charge in [0, 0.05) is 29.9 Å². The number of rotatable bonds is 6. The number of ether oxygens (including phenoxy) is 1. The Hall–Kier alpha value is -2.47. The number of anilines is 1. The molecule has 0 aromatic heterocycles. The SMILES string of the molecule is CC(C)(C)NC(=O)c1ccc(NS(=O)(=O)c2ccc(S(=O)(=O)N3CCOCC3)cc2)cc1. The van der Waals surface area contributed by atoms with Crippen LogP contribution in [-0.4, -0.2) is 58.9 Å². The fourth-order valence-corrected chi connectivity index (χ4v) is 5.51. The zero-order valence-electron chi connectivity index (χ0n) is 18.2. The Kier molecular flexibility index (Phi) is 6.94. The maximum atomic E-state index is 12.7. The van der Waals surface area contributed by atoms with Gasteiger partial charge in [-0.05, 0) is 69.3 Å². The van der Waals surface area contributed by atoms with E-state index < -0.39 is 25.6 Å². The van der Waals surface area contributed by atoms with Gasteiger partial charge in [0.1, 0.15) is 0 Å². The number of nitrogens with one attached hydrogen (secondary N) is 2. The minimum atomic E-state index is -3.94. The van der Waals surface area contributed by atoms with Gasteiger partial charge in [-0.25, -0.2) is 16.8 Å². The summed E-state index contributed by atoms with van der Waals surface area (Å²) in [6.45, 7) is 6.76. The molecule has 9 nitrogen and oxygen atoms in total. The molecule has 1 heterocycles. The maximum Gasteiger partial charge on any atom is 0.261 e. The van der Waals surface area contributed by atoms with Crippen molar-refractivity contribution >= 4 is 31.6 Å². The Morgan fingerprint density at radius 3 is 1.94 bits per heavy atom. The molecule has 0 unspecified atom stereocenters. The third-order valence-corrected chi connectivity index (χ3v) is 7.94. The lowest BCUT2D eigenvalue weighted by atomic mass is 10.1. The smallest absolute Gasteiger partial charge is 0.261 e. The monoisotopic (exact) mass is 481 g/mol. The van der Waals surface area contributed by atoms with Gasteiger partial charge in [0.25, 0.3) is 15.9 Å². The van der Waals surface area contributed by atoms with Crippen LogP contribution < -0.4 is 10.0 Å². The number of nitrogens with zero attached hydrogens (tertiary/aromatic N) is 1. The summed E-state index contributed by atoms with van der Waals surface area (Å²) < 4.78 is 59.7. The van der Waals surface area contributed by atoms with Gasteiger partial charge in [-0.15, -0.1) is 0 Å². The number of benzene rings is 2. The topological polar surface area (TPSA) is 122 Å². The second kappa shape index (κ2) is 9.18. The zero-order chi connectivity index (χ0) is 23.6. The highest BCUT2D eigenvalue weighted by atomic mass is 32.2. The molecule has 174 valence electrons. The van der Waals surface area contributed by atoms with Gasteiger partial charge < -0.3 is 10.1 Å². The molecule has 32 heavy (non-hydrogen) atoms. The molecule has 1 aliphatic rings. The lowest BCUT2D eigenvalue weighted by molar-refractivity contribution is 0.0730. The summed E-state index contributed by atoms with van der Waals surface area (Å²) in [5.74, 6) is -0.260. The van der Waals surface area contributed by atoms with Gasteiger partial charge in [-0.3, -0.25) is 9.52 Å². The lowest BCUT2D eigenvalue weighted by Gasteiger charge is -2.26. The van der Waals surface area contributed by atoms with Crippen molar-refractivity contribution in [2.24, 2.45) is 0 Å². The number of sulfonamides is 2. The summed E-state index contributed by atoms with van der Waals surface area (Å²) in [5.41, 5.74) is 0.293. The van der Waals surface area contributed by atoms with Gasteiger partial charge in [0.15, 0.2) is 0 Å². The number of carbonyl (C=O) groups excluding carboxylic acids is 1. The van der Waals surface area contributed by atoms with E-state index in [4.69, 9.17) is 4.74 Å². The molecule has 0 radical (unpaired) electrons. The summed E-state index contributed by atoms with van der Waals surface area (Å²) >= 11 is 0. The van der Waals surface area contributed by atoms with Crippen molar-refractivity contribution in [1.29, 1.82) is 0 Å². The number of amides is 1. The standard InChI is InChI=1S/C21H27N3O6S2/c1-21(2,3)22-20(25)16-4-6-17(7-5-16)23-31(26,27)18-8-10-19(11-9-18)32(28,29)24-12-14-30-15-13-24/h4-11,23H,12-15H2,1-3H3,(H,22,25). The fraction of sp³-hybridized carbons (Fsp3) is 0.381. The van der Waals surface area contributed by atoms with E-state index in [2.05, 4.69) is 10.0 Å². The van der Waals surface area contributed by atoms with Gasteiger partial charge >= 0.3 is 0 Å². The van der Waals surface area contributed by atoms with Crippen LogP contribution in [0.1, 0.15) is 31.1 Å². The average molecular weight is 482 g/mol. The summed E-state index contributed by atoms with van der Waals surface area (Å²) in [7, 11) is -7.65. The predicted molar refractivity (Wildman–Crippen MR) is 120 cm³/mol. The molecule has 2 N–H and O–H groups in total. The van der Waals surface area contributed by atoms with Crippen molar-refractivity contribution in [1.82, 2.24) is 9.62 Å². The maximum absolute atomic E-state index is 12.7. The molecule has 2 aromatic rings. The molecule has 1 fully saturated rings. The number of carbonyl (C=O) groups is 1. The first-order valence-corrected chi connectivity index (χ1v) is 12.9. The number of hydrogen-bond acceptors (Lipinski definition) is 6. The Morgan fingerprint density at radius 1 is 0.875 bits per heavy atom. The van der Waals surface area contributed by atoms with Crippen LogP contribution in [0.25, 0.3) is 0 Å². The van der Waals surface area contributed by atoms with Crippen LogP contribution in [-0.2, 0) is 24.8 Å². The molecule has 1 aliphatic heterocycles. The fourth-order valence-electron chi connectivity index (χ4n) is 3.04. The molecule has 1 amide bonds. The Labute approximate surface area is 188 Å². The third-order valence-electron chi connectivity index (χ3n) is 4.63. The molecule has 0 spiro atoms. The van der Waals surface area contributed by atoms with Crippen molar-refractivity contribution in [3.8, 4) is 0 Å². The number of hydrogen-bond donors (Lipinski definition) is 2. The van der Waals surface area contributed by atoms with E-state index in [1.54, 1.807) is 0 Å². The Morgan fingerprint density at radius 2 is 1.41 bits per heavy atom. The summed E-state index contributed by atoms with van der Waals surface area (Å²) in [4.78, 5) is 12.1. The molecular weight excluding hydrogens is 454 g/mol. The predicted octanol–water partition coefficient (Wildman–Crippen LogP) is 2.04. The van der Waals surface area contributed by atoms with Crippen molar-refractivity contribution in [2.45, 2.75) is 36.1 Å². The van der Waals surface area contributed by atoms with Crippen LogP contribution in [0.5, 0.6) is 0 Å². The second-order valence-corrected chi connectivity index (χ2v) is 12.0. The zero-order valence-corrected chi connectivity index (χ0v) is 19.8. The van der Waals surface area contributed by atoms with Crippen molar-refractivity contribution in [3.05, 3.63) is 54.1 Å². The van der Waals surface area contributed by atoms with E-state index in [1.165, 1.54) is 52.8 Å².